The summed E-state index contributed by atoms with van der Waals surface area (Å²) in [6.45, 7) is 7.59. The Bertz CT molecular complexity index is 497. The van der Waals surface area contributed by atoms with Gasteiger partial charge in [-0.3, -0.25) is 9.59 Å². The van der Waals surface area contributed by atoms with Crippen molar-refractivity contribution < 1.29 is 14.3 Å². The van der Waals surface area contributed by atoms with Gasteiger partial charge in [-0.05, 0) is 90.0 Å². The third-order valence-electron chi connectivity index (χ3n) is 6.95. The quantitative estimate of drug-likeness (QED) is 0.468. The van der Waals surface area contributed by atoms with Crippen LogP contribution in [0.4, 0.5) is 0 Å². The molecule has 0 atom stereocenters. The van der Waals surface area contributed by atoms with E-state index in [1.165, 1.54) is 38.8 Å². The van der Waals surface area contributed by atoms with Gasteiger partial charge >= 0.3 is 5.97 Å². The van der Waals surface area contributed by atoms with Crippen molar-refractivity contribution in [2.45, 2.75) is 57.8 Å². The van der Waals surface area contributed by atoms with Gasteiger partial charge in [0, 0.05) is 26.1 Å². The summed E-state index contributed by atoms with van der Waals surface area (Å²) >= 11 is 0. The highest BCUT2D eigenvalue weighted by atomic mass is 16.5. The van der Waals surface area contributed by atoms with Crippen LogP contribution in [0.3, 0.4) is 0 Å². The molecule has 3 rings (SSSR count). The second-order valence-electron chi connectivity index (χ2n) is 8.98. The van der Waals surface area contributed by atoms with Gasteiger partial charge in [0.15, 0.2) is 0 Å². The van der Waals surface area contributed by atoms with Gasteiger partial charge in [0.05, 0.1) is 13.0 Å². The molecule has 3 fully saturated rings. The average molecular weight is 394 g/mol. The molecule has 0 aliphatic carbocycles. The molecule has 6 nitrogen and oxygen atoms in total. The number of hydrogen-bond donors (Lipinski definition) is 0. The zero-order valence-electron chi connectivity index (χ0n) is 17.7. The van der Waals surface area contributed by atoms with Crippen molar-refractivity contribution in [1.82, 2.24) is 14.7 Å². The Morgan fingerprint density at radius 3 is 2.32 bits per heavy atom. The molecule has 3 saturated heterocycles. The van der Waals surface area contributed by atoms with Gasteiger partial charge in [-0.15, -0.1) is 0 Å². The first-order chi connectivity index (χ1) is 13.6. The van der Waals surface area contributed by atoms with Crippen LogP contribution in [0.25, 0.3) is 0 Å². The van der Waals surface area contributed by atoms with Crippen molar-refractivity contribution in [2.24, 2.45) is 11.8 Å². The summed E-state index contributed by atoms with van der Waals surface area (Å²) in [6, 6.07) is 0. The number of carbonyl (C=O) groups is 2. The third kappa shape index (κ3) is 6.73. The molecule has 0 aromatic carbocycles. The molecule has 0 unspecified atom stereocenters. The zero-order chi connectivity index (χ0) is 19.8. The molecule has 1 amide bonds. The van der Waals surface area contributed by atoms with Crippen molar-refractivity contribution in [1.29, 1.82) is 0 Å². The molecule has 0 bridgehead atoms. The number of rotatable bonds is 8. The van der Waals surface area contributed by atoms with Crippen LogP contribution < -0.4 is 0 Å². The van der Waals surface area contributed by atoms with Gasteiger partial charge in [-0.1, -0.05) is 0 Å². The second kappa shape index (κ2) is 11.1. The van der Waals surface area contributed by atoms with E-state index in [1.54, 1.807) is 0 Å². The van der Waals surface area contributed by atoms with Crippen molar-refractivity contribution in [3.63, 3.8) is 0 Å². The molecule has 3 aliphatic rings. The van der Waals surface area contributed by atoms with Crippen LogP contribution in [0, 0.1) is 11.8 Å². The molecular formula is C22H39N3O3. The van der Waals surface area contributed by atoms with Gasteiger partial charge in [0.2, 0.25) is 5.91 Å². The number of piperidine rings is 3. The van der Waals surface area contributed by atoms with E-state index in [1.807, 2.05) is 4.90 Å². The average Bonchev–Trinajstić information content (AvgIpc) is 2.72. The minimum Gasteiger partial charge on any atom is -0.466 e. The Labute approximate surface area is 170 Å². The maximum Gasteiger partial charge on any atom is 0.307 e. The van der Waals surface area contributed by atoms with Gasteiger partial charge in [0.1, 0.15) is 0 Å². The minimum absolute atomic E-state index is 0.0950. The first-order valence-electron chi connectivity index (χ1n) is 11.5. The first-order valence-corrected chi connectivity index (χ1v) is 11.5. The summed E-state index contributed by atoms with van der Waals surface area (Å²) < 4.78 is 5.38. The lowest BCUT2D eigenvalue weighted by Gasteiger charge is -2.39. The molecule has 160 valence electrons. The maximum atomic E-state index is 12.0. The number of ether oxygens (including phenoxy) is 1. The van der Waals surface area contributed by atoms with Crippen LogP contribution in [0.5, 0.6) is 0 Å². The number of hydrogen-bond acceptors (Lipinski definition) is 5. The number of esters is 1. The van der Waals surface area contributed by atoms with Crippen LogP contribution in [-0.2, 0) is 14.3 Å². The van der Waals surface area contributed by atoms with Crippen molar-refractivity contribution in [3.05, 3.63) is 0 Å². The standard InChI is InChI=1S/C22H39N3O3/c1-23-13-6-19(7-14-23)20-8-15-24(16-9-20)17-10-22(27)28-18-4-12-25-11-3-2-5-21(25)26/h19-20H,2-18H2,1H3. The highest BCUT2D eigenvalue weighted by Gasteiger charge is 2.28. The summed E-state index contributed by atoms with van der Waals surface area (Å²) in [5, 5.41) is 0. The normalized spacial score (nSPS) is 23.9. The lowest BCUT2D eigenvalue weighted by Crippen LogP contribution is -2.40. The number of carbonyl (C=O) groups excluding carboxylic acids is 2. The zero-order valence-corrected chi connectivity index (χ0v) is 17.7. The summed E-state index contributed by atoms with van der Waals surface area (Å²) in [5.41, 5.74) is 0. The fourth-order valence-corrected chi connectivity index (χ4v) is 5.01. The van der Waals surface area contributed by atoms with Gasteiger partial charge in [-0.2, -0.15) is 0 Å². The SMILES string of the molecule is CN1CCC(C2CCN(CCC(=O)OCCCN3CCCCC3=O)CC2)CC1. The lowest BCUT2D eigenvalue weighted by atomic mass is 9.79. The Morgan fingerprint density at radius 1 is 0.964 bits per heavy atom. The second-order valence-corrected chi connectivity index (χ2v) is 8.98. The van der Waals surface area contributed by atoms with Crippen LogP contribution in [0.1, 0.15) is 57.8 Å². The Balaban J connectivity index is 1.22. The van der Waals surface area contributed by atoms with E-state index in [9.17, 15) is 9.59 Å². The summed E-state index contributed by atoms with van der Waals surface area (Å²) in [7, 11) is 2.23. The Hall–Kier alpha value is -1.14. The first kappa shape index (κ1) is 21.6. The molecule has 6 heteroatoms. The highest BCUT2D eigenvalue weighted by molar-refractivity contribution is 5.76. The smallest absolute Gasteiger partial charge is 0.307 e. The van der Waals surface area contributed by atoms with Crippen molar-refractivity contribution in [2.75, 3.05) is 59.5 Å². The molecular weight excluding hydrogens is 354 g/mol. The highest BCUT2D eigenvalue weighted by Crippen LogP contribution is 2.32. The summed E-state index contributed by atoms with van der Waals surface area (Å²) in [4.78, 5) is 30.5. The van der Waals surface area contributed by atoms with E-state index in [2.05, 4.69) is 16.8 Å². The predicted molar refractivity (Wildman–Crippen MR) is 110 cm³/mol. The number of amides is 1. The Kier molecular flexibility index (Phi) is 8.59. The van der Waals surface area contributed by atoms with E-state index in [0.717, 1.165) is 63.8 Å². The molecule has 3 aliphatic heterocycles. The fourth-order valence-electron chi connectivity index (χ4n) is 5.01. The van der Waals surface area contributed by atoms with Crippen molar-refractivity contribution >= 4 is 11.9 Å². The van der Waals surface area contributed by atoms with Crippen LogP contribution >= 0.6 is 0 Å². The predicted octanol–water partition coefficient (Wildman–Crippen LogP) is 2.38. The van der Waals surface area contributed by atoms with Gasteiger partial charge in [0.25, 0.3) is 0 Å². The molecule has 3 heterocycles. The van der Waals surface area contributed by atoms with E-state index < -0.39 is 0 Å². The maximum absolute atomic E-state index is 12.0. The summed E-state index contributed by atoms with van der Waals surface area (Å²) in [6.07, 6.45) is 9.31. The van der Waals surface area contributed by atoms with E-state index in [0.29, 0.717) is 19.4 Å². The third-order valence-corrected chi connectivity index (χ3v) is 6.95. The molecule has 0 saturated carbocycles. The van der Waals surface area contributed by atoms with Gasteiger partial charge in [-0.25, -0.2) is 0 Å². The topological polar surface area (TPSA) is 53.1 Å². The summed E-state index contributed by atoms with van der Waals surface area (Å²) in [5.74, 6) is 1.95. The number of nitrogens with zero attached hydrogens (tertiary/aromatic N) is 3. The molecule has 0 N–H and O–H groups in total. The van der Waals surface area contributed by atoms with Crippen molar-refractivity contribution in [3.8, 4) is 0 Å². The van der Waals surface area contributed by atoms with E-state index in [4.69, 9.17) is 4.74 Å². The van der Waals surface area contributed by atoms with Crippen LogP contribution in [-0.4, -0.2) is 86.0 Å². The Morgan fingerprint density at radius 2 is 1.64 bits per heavy atom. The molecule has 28 heavy (non-hydrogen) atoms. The van der Waals surface area contributed by atoms with Crippen LogP contribution in [0.15, 0.2) is 0 Å². The molecule has 0 spiro atoms. The fraction of sp³-hybridized carbons (Fsp3) is 0.909. The minimum atomic E-state index is -0.0950. The molecule has 0 aromatic rings. The van der Waals surface area contributed by atoms with E-state index in [-0.39, 0.29) is 11.9 Å². The molecule has 0 aromatic heterocycles. The number of likely N-dealkylation sites (tertiary alicyclic amines) is 3. The molecule has 0 radical (unpaired) electrons. The largest absolute Gasteiger partial charge is 0.466 e. The monoisotopic (exact) mass is 393 g/mol. The van der Waals surface area contributed by atoms with Gasteiger partial charge < -0.3 is 19.4 Å². The lowest BCUT2D eigenvalue weighted by molar-refractivity contribution is -0.144. The van der Waals surface area contributed by atoms with Crippen LogP contribution in [0.2, 0.25) is 0 Å². The van der Waals surface area contributed by atoms with E-state index >= 15 is 0 Å².